The highest BCUT2D eigenvalue weighted by Gasteiger charge is 2.45. The lowest BCUT2D eigenvalue weighted by molar-refractivity contribution is -0.277. The molecule has 13 nitrogen and oxygen atoms in total. The van der Waals surface area contributed by atoms with Crippen molar-refractivity contribution in [2.24, 2.45) is 0 Å². The van der Waals surface area contributed by atoms with Gasteiger partial charge in [-0.2, -0.15) is 0 Å². The van der Waals surface area contributed by atoms with Gasteiger partial charge in [0.15, 0.2) is 17.3 Å². The molecule has 0 bridgehead atoms. The molecule has 1 fully saturated rings. The summed E-state index contributed by atoms with van der Waals surface area (Å²) in [5.41, 5.74) is -1.12. The van der Waals surface area contributed by atoms with Crippen LogP contribution in [0.2, 0.25) is 0 Å². The van der Waals surface area contributed by atoms with E-state index in [1.165, 1.54) is 26.4 Å². The minimum atomic E-state index is -1.86. The van der Waals surface area contributed by atoms with Crippen molar-refractivity contribution in [2.45, 2.75) is 30.7 Å². The fraction of sp³-hybridized carbons (Fsp3) is 0.348. The normalized spacial score (nSPS) is 24.0. The van der Waals surface area contributed by atoms with E-state index >= 15 is 0 Å². The van der Waals surface area contributed by atoms with Crippen LogP contribution in [0.5, 0.6) is 34.5 Å². The van der Waals surface area contributed by atoms with Crippen LogP contribution in [0.4, 0.5) is 0 Å². The lowest BCUT2D eigenvalue weighted by Gasteiger charge is -2.39. The molecular weight excluding hydrogens is 484 g/mol. The molecule has 5 atom stereocenters. The molecule has 3 aromatic rings. The molecule has 2 heterocycles. The van der Waals surface area contributed by atoms with Crippen molar-refractivity contribution in [3.05, 3.63) is 34.5 Å². The van der Waals surface area contributed by atoms with Crippen molar-refractivity contribution < 1.29 is 59.1 Å². The van der Waals surface area contributed by atoms with Gasteiger partial charge in [-0.1, -0.05) is 0 Å². The SMILES string of the molecule is COc1cc(-c2oc3cc(O)cc(O)c3c(=O)c2O[C@H]2O[C@H](CO)[C@@H](O)[C@@H](O)[C@H]2O)cc(OC)c1O. The molecule has 0 spiro atoms. The molecule has 1 saturated heterocycles. The van der Waals surface area contributed by atoms with Crippen LogP contribution in [-0.2, 0) is 4.74 Å². The summed E-state index contributed by atoms with van der Waals surface area (Å²) < 4.78 is 27.1. The highest BCUT2D eigenvalue weighted by molar-refractivity contribution is 5.88. The molecular formula is C23H24O13. The average molecular weight is 508 g/mol. The first-order valence-electron chi connectivity index (χ1n) is 10.6. The van der Waals surface area contributed by atoms with Crippen molar-refractivity contribution in [1.82, 2.24) is 0 Å². The zero-order chi connectivity index (χ0) is 26.3. The van der Waals surface area contributed by atoms with E-state index in [0.717, 1.165) is 12.1 Å². The third-order valence-electron chi connectivity index (χ3n) is 5.74. The molecule has 0 aliphatic carbocycles. The first-order valence-corrected chi connectivity index (χ1v) is 10.6. The number of methoxy groups -OCH3 is 2. The van der Waals surface area contributed by atoms with E-state index < -0.39 is 60.0 Å². The summed E-state index contributed by atoms with van der Waals surface area (Å²) in [6, 6.07) is 4.55. The smallest absolute Gasteiger partial charge is 0.239 e. The molecule has 4 rings (SSSR count). The predicted octanol–water partition coefficient (Wildman–Crippen LogP) is -0.227. The van der Waals surface area contributed by atoms with Crippen LogP contribution in [0.15, 0.2) is 33.5 Å². The summed E-state index contributed by atoms with van der Waals surface area (Å²) in [5, 5.41) is 70.1. The molecule has 36 heavy (non-hydrogen) atoms. The second kappa shape index (κ2) is 9.72. The van der Waals surface area contributed by atoms with Gasteiger partial charge >= 0.3 is 0 Å². The Kier molecular flexibility index (Phi) is 6.84. The van der Waals surface area contributed by atoms with E-state index in [1.807, 2.05) is 0 Å². The van der Waals surface area contributed by atoms with Gasteiger partial charge in [0, 0.05) is 17.7 Å². The number of aliphatic hydroxyl groups is 4. The van der Waals surface area contributed by atoms with E-state index in [0.29, 0.717) is 0 Å². The quantitative estimate of drug-likeness (QED) is 0.230. The standard InChI is InChI=1S/C23H24O13/c1-32-12-3-8(4-13(33-2)16(12)27)21-22(18(29)15-10(26)5-9(25)6-11(15)34-21)36-23-20(31)19(30)17(28)14(7-24)35-23/h3-6,14,17,19-20,23-28,30-31H,7H2,1-2H3/t14-,17-,19-,20-,23-/m1/s1. The molecule has 0 radical (unpaired) electrons. The number of fused-ring (bicyclic) bond motifs is 1. The Bertz CT molecular complexity index is 1310. The Morgan fingerprint density at radius 3 is 2.14 bits per heavy atom. The Hall–Kier alpha value is -3.75. The summed E-state index contributed by atoms with van der Waals surface area (Å²) in [6.07, 6.45) is -8.42. The van der Waals surface area contributed by atoms with E-state index in [4.69, 9.17) is 23.4 Å². The zero-order valence-electron chi connectivity index (χ0n) is 19.0. The third-order valence-corrected chi connectivity index (χ3v) is 5.74. The Balaban J connectivity index is 1.96. The molecule has 0 amide bonds. The topological polar surface area (TPSA) is 209 Å². The van der Waals surface area contributed by atoms with E-state index in [-0.39, 0.29) is 39.5 Å². The number of hydrogen-bond acceptors (Lipinski definition) is 13. The van der Waals surface area contributed by atoms with Crippen LogP contribution in [0.1, 0.15) is 0 Å². The summed E-state index contributed by atoms with van der Waals surface area (Å²) in [5.74, 6) is -2.44. The number of phenolic OH excluding ortho intramolecular Hbond substituents is 3. The van der Waals surface area contributed by atoms with E-state index in [2.05, 4.69) is 0 Å². The second-order valence-electron chi connectivity index (χ2n) is 7.97. The van der Waals surface area contributed by atoms with Crippen molar-refractivity contribution in [2.75, 3.05) is 20.8 Å². The fourth-order valence-corrected chi connectivity index (χ4v) is 3.87. The van der Waals surface area contributed by atoms with Crippen molar-refractivity contribution in [3.63, 3.8) is 0 Å². The molecule has 7 N–H and O–H groups in total. The van der Waals surface area contributed by atoms with Gasteiger partial charge < -0.3 is 59.1 Å². The van der Waals surface area contributed by atoms with E-state index in [9.17, 15) is 40.5 Å². The van der Waals surface area contributed by atoms with Gasteiger partial charge in [0.2, 0.25) is 23.2 Å². The van der Waals surface area contributed by atoms with Gasteiger partial charge in [0.25, 0.3) is 0 Å². The molecule has 0 saturated carbocycles. The largest absolute Gasteiger partial charge is 0.508 e. The van der Waals surface area contributed by atoms with Gasteiger partial charge in [0.1, 0.15) is 46.9 Å². The van der Waals surface area contributed by atoms with Crippen LogP contribution in [0.25, 0.3) is 22.3 Å². The predicted molar refractivity (Wildman–Crippen MR) is 120 cm³/mol. The third kappa shape index (κ3) is 4.23. The molecule has 13 heteroatoms. The number of aliphatic hydroxyl groups excluding tert-OH is 4. The van der Waals surface area contributed by atoms with Gasteiger partial charge in [-0.15, -0.1) is 0 Å². The number of aromatic hydroxyl groups is 3. The monoisotopic (exact) mass is 508 g/mol. The highest BCUT2D eigenvalue weighted by atomic mass is 16.7. The Labute approximate surface area is 202 Å². The van der Waals surface area contributed by atoms with E-state index in [1.54, 1.807) is 0 Å². The Morgan fingerprint density at radius 2 is 1.56 bits per heavy atom. The van der Waals surface area contributed by atoms with Crippen LogP contribution in [0.3, 0.4) is 0 Å². The van der Waals surface area contributed by atoms with Crippen molar-refractivity contribution >= 4 is 11.0 Å². The molecule has 1 aliphatic heterocycles. The van der Waals surface area contributed by atoms with Crippen LogP contribution >= 0.6 is 0 Å². The first-order chi connectivity index (χ1) is 17.1. The number of ether oxygens (including phenoxy) is 4. The van der Waals surface area contributed by atoms with Gasteiger partial charge in [-0.05, 0) is 12.1 Å². The zero-order valence-corrected chi connectivity index (χ0v) is 19.0. The number of hydrogen-bond donors (Lipinski definition) is 7. The lowest BCUT2D eigenvalue weighted by Crippen LogP contribution is -2.60. The highest BCUT2D eigenvalue weighted by Crippen LogP contribution is 2.43. The number of benzene rings is 2. The minimum absolute atomic E-state index is 0.0651. The van der Waals surface area contributed by atoms with Crippen LogP contribution in [-0.4, -0.2) is 87.3 Å². The minimum Gasteiger partial charge on any atom is -0.508 e. The maximum atomic E-state index is 13.5. The lowest BCUT2D eigenvalue weighted by atomic mass is 9.99. The molecule has 1 aliphatic rings. The summed E-state index contributed by atoms with van der Waals surface area (Å²) in [6.45, 7) is -0.740. The van der Waals surface area contributed by atoms with Gasteiger partial charge in [-0.25, -0.2) is 0 Å². The van der Waals surface area contributed by atoms with Crippen molar-refractivity contribution in [3.8, 4) is 45.8 Å². The van der Waals surface area contributed by atoms with Gasteiger partial charge in [-0.3, -0.25) is 4.79 Å². The second-order valence-corrected chi connectivity index (χ2v) is 7.97. The van der Waals surface area contributed by atoms with Crippen LogP contribution < -0.4 is 19.6 Å². The molecule has 0 unspecified atom stereocenters. The fourth-order valence-electron chi connectivity index (χ4n) is 3.87. The summed E-state index contributed by atoms with van der Waals surface area (Å²) in [7, 11) is 2.55. The van der Waals surface area contributed by atoms with Crippen molar-refractivity contribution in [1.29, 1.82) is 0 Å². The first kappa shape index (κ1) is 25.3. The number of phenols is 3. The molecule has 1 aromatic heterocycles. The van der Waals surface area contributed by atoms with Gasteiger partial charge in [0.05, 0.1) is 20.8 Å². The number of rotatable bonds is 6. The average Bonchev–Trinajstić information content (AvgIpc) is 2.85. The maximum absolute atomic E-state index is 13.5. The maximum Gasteiger partial charge on any atom is 0.239 e. The molecule has 2 aromatic carbocycles. The van der Waals surface area contributed by atoms with Crippen LogP contribution in [0, 0.1) is 0 Å². The Morgan fingerprint density at radius 1 is 0.917 bits per heavy atom. The summed E-state index contributed by atoms with van der Waals surface area (Å²) in [4.78, 5) is 13.5. The summed E-state index contributed by atoms with van der Waals surface area (Å²) >= 11 is 0. The molecule has 194 valence electrons.